The zero-order valence-corrected chi connectivity index (χ0v) is 13.8. The Morgan fingerprint density at radius 2 is 1.96 bits per heavy atom. The van der Waals surface area contributed by atoms with Crippen molar-refractivity contribution >= 4 is 16.6 Å². The summed E-state index contributed by atoms with van der Waals surface area (Å²) in [5, 5.41) is 6.97. The number of aryl methyl sites for hydroxylation is 1. The molecule has 0 bridgehead atoms. The molecule has 0 amide bonds. The van der Waals surface area contributed by atoms with Gasteiger partial charge in [-0.3, -0.25) is 10.4 Å². The topological polar surface area (TPSA) is 38.5 Å². The van der Waals surface area contributed by atoms with Gasteiger partial charge in [0.05, 0.1) is 5.52 Å². The van der Waals surface area contributed by atoms with Crippen LogP contribution in [0.1, 0.15) is 18.9 Å². The normalized spacial score (nSPS) is 14.7. The Morgan fingerprint density at radius 3 is 2.70 bits per heavy atom. The molecule has 3 rings (SSSR count). The largest absolute Gasteiger partial charge is 0.256 e. The molecule has 0 atom stereocenters. The second-order valence-electron chi connectivity index (χ2n) is 5.49. The zero-order valence-electron chi connectivity index (χ0n) is 13.8. The Morgan fingerprint density at radius 1 is 1.22 bits per heavy atom. The van der Waals surface area contributed by atoms with Crippen molar-refractivity contribution in [1.82, 2.24) is 4.98 Å². The first-order chi connectivity index (χ1) is 11.1. The molecule has 0 saturated heterocycles. The smallest absolute Gasteiger partial charge is 0.203 e. The molecule has 23 heavy (non-hydrogen) atoms. The van der Waals surface area contributed by atoms with Crippen molar-refractivity contribution in [3.05, 3.63) is 90.2 Å². The summed E-state index contributed by atoms with van der Waals surface area (Å²) in [4.78, 5) is 4.28. The predicted octanol–water partition coefficient (Wildman–Crippen LogP) is 3.75. The maximum atomic E-state index is 5.75. The average Bonchev–Trinajstić information content (AvgIpc) is 2.57. The summed E-state index contributed by atoms with van der Waals surface area (Å²) in [6.45, 7) is 8.03. The molecule has 2 N–H and O–H groups in total. The monoisotopic (exact) mass is 303 g/mol. The SMILES string of the molecule is C=C(/C=C1/C=CC=CC1=[NH2+])CC.Cc1cnc2ccccc2c1. The van der Waals surface area contributed by atoms with Gasteiger partial charge in [0.25, 0.3) is 0 Å². The van der Waals surface area contributed by atoms with Gasteiger partial charge in [-0.15, -0.1) is 0 Å². The predicted molar refractivity (Wildman–Crippen MR) is 99.2 cm³/mol. The Balaban J connectivity index is 0.000000167. The van der Waals surface area contributed by atoms with Crippen LogP contribution in [-0.2, 0) is 0 Å². The maximum Gasteiger partial charge on any atom is 0.203 e. The number of hydrogen-bond acceptors (Lipinski definition) is 1. The van der Waals surface area contributed by atoms with E-state index in [1.54, 1.807) is 0 Å². The third-order valence-corrected chi connectivity index (χ3v) is 3.54. The quantitative estimate of drug-likeness (QED) is 0.901. The van der Waals surface area contributed by atoms with Gasteiger partial charge in [-0.05, 0) is 43.2 Å². The van der Waals surface area contributed by atoms with E-state index in [-0.39, 0.29) is 0 Å². The van der Waals surface area contributed by atoms with Gasteiger partial charge in [-0.1, -0.05) is 49.4 Å². The van der Waals surface area contributed by atoms with Gasteiger partial charge >= 0.3 is 0 Å². The average molecular weight is 303 g/mol. The highest BCUT2D eigenvalue weighted by Gasteiger charge is 2.05. The molecule has 0 spiro atoms. The zero-order chi connectivity index (χ0) is 16.7. The third-order valence-electron chi connectivity index (χ3n) is 3.54. The second kappa shape index (κ2) is 8.04. The van der Waals surface area contributed by atoms with E-state index in [1.807, 2.05) is 54.8 Å². The number of benzene rings is 1. The summed E-state index contributed by atoms with van der Waals surface area (Å²) in [6.07, 6.45) is 12.7. The van der Waals surface area contributed by atoms with Gasteiger partial charge in [0, 0.05) is 23.2 Å². The molecule has 1 aliphatic rings. The highest BCUT2D eigenvalue weighted by Crippen LogP contribution is 2.11. The van der Waals surface area contributed by atoms with Crippen LogP contribution in [0.5, 0.6) is 0 Å². The Hall–Kier alpha value is -2.74. The molecule has 1 aromatic carbocycles. The summed E-state index contributed by atoms with van der Waals surface area (Å²) in [5.74, 6) is 0. The van der Waals surface area contributed by atoms with E-state index in [0.29, 0.717) is 0 Å². The van der Waals surface area contributed by atoms with Crippen LogP contribution in [0.2, 0.25) is 0 Å². The Labute approximate surface area is 138 Å². The maximum absolute atomic E-state index is 5.75. The minimum atomic E-state index is 0.812. The van der Waals surface area contributed by atoms with E-state index >= 15 is 0 Å². The number of rotatable bonds is 2. The number of pyridine rings is 1. The molecule has 1 aliphatic carbocycles. The number of fused-ring (bicyclic) bond motifs is 1. The molecule has 2 heteroatoms. The van der Waals surface area contributed by atoms with Crippen LogP contribution in [0.15, 0.2) is 84.6 Å². The highest BCUT2D eigenvalue weighted by molar-refractivity contribution is 6.07. The number of hydrogen-bond donors (Lipinski definition) is 1. The van der Waals surface area contributed by atoms with Crippen molar-refractivity contribution < 1.29 is 5.41 Å². The molecular weight excluding hydrogens is 280 g/mol. The van der Waals surface area contributed by atoms with Crippen molar-refractivity contribution in [2.75, 3.05) is 0 Å². The molecule has 116 valence electrons. The van der Waals surface area contributed by atoms with E-state index in [9.17, 15) is 0 Å². The summed E-state index contributed by atoms with van der Waals surface area (Å²) in [5.41, 5.74) is 5.26. The van der Waals surface area contributed by atoms with E-state index in [4.69, 9.17) is 5.41 Å². The number of para-hydroxylation sites is 1. The van der Waals surface area contributed by atoms with Crippen LogP contribution < -0.4 is 5.41 Å². The lowest BCUT2D eigenvalue weighted by Crippen LogP contribution is -2.39. The molecular formula is C21H23N2+. The molecule has 0 saturated carbocycles. The fourth-order valence-electron chi connectivity index (χ4n) is 2.15. The van der Waals surface area contributed by atoms with E-state index in [1.165, 1.54) is 10.9 Å². The molecule has 0 unspecified atom stereocenters. The summed E-state index contributed by atoms with van der Waals surface area (Å²) < 4.78 is 0. The fraction of sp³-hybridized carbons (Fsp3) is 0.143. The van der Waals surface area contributed by atoms with Crippen molar-refractivity contribution in [2.24, 2.45) is 0 Å². The van der Waals surface area contributed by atoms with Crippen molar-refractivity contribution in [2.45, 2.75) is 20.3 Å². The summed E-state index contributed by atoms with van der Waals surface area (Å²) >= 11 is 0. The number of aromatic nitrogens is 1. The fourth-order valence-corrected chi connectivity index (χ4v) is 2.15. The van der Waals surface area contributed by atoms with Crippen LogP contribution in [0, 0.1) is 6.92 Å². The van der Waals surface area contributed by atoms with Gasteiger partial charge in [-0.2, -0.15) is 0 Å². The van der Waals surface area contributed by atoms with Crippen molar-refractivity contribution in [3.8, 4) is 0 Å². The molecule has 2 aromatic rings. The van der Waals surface area contributed by atoms with Crippen molar-refractivity contribution in [3.63, 3.8) is 0 Å². The van der Waals surface area contributed by atoms with E-state index < -0.39 is 0 Å². The van der Waals surface area contributed by atoms with Crippen LogP contribution in [0.25, 0.3) is 10.9 Å². The first kappa shape index (κ1) is 16.6. The molecule has 0 aliphatic heterocycles. The first-order valence-electron chi connectivity index (χ1n) is 7.78. The van der Waals surface area contributed by atoms with Crippen LogP contribution in [-0.4, -0.2) is 10.7 Å². The molecule has 1 heterocycles. The van der Waals surface area contributed by atoms with Gasteiger partial charge in [0.1, 0.15) is 0 Å². The Bertz CT molecular complexity index is 807. The molecule has 0 radical (unpaired) electrons. The van der Waals surface area contributed by atoms with E-state index in [0.717, 1.165) is 28.8 Å². The lowest BCUT2D eigenvalue weighted by atomic mass is 10.0. The number of nitrogens with two attached hydrogens (primary N) is 1. The standard InChI is InChI=1S/C11H13N.C10H9N/c1-3-9(2)8-10-6-4-5-7-11(10)12;1-8-6-9-4-2-3-5-10(9)11-7-8/h4-8,12H,2-3H2,1H3;2-7H,1H3/p+1/b10-8-,12-11?;. The van der Waals surface area contributed by atoms with Gasteiger partial charge in [0.2, 0.25) is 5.71 Å². The van der Waals surface area contributed by atoms with Gasteiger partial charge in [-0.25, -0.2) is 0 Å². The second-order valence-corrected chi connectivity index (χ2v) is 5.49. The lowest BCUT2D eigenvalue weighted by molar-refractivity contribution is -0.111. The van der Waals surface area contributed by atoms with Crippen LogP contribution in [0.3, 0.4) is 0 Å². The molecule has 2 nitrogen and oxygen atoms in total. The molecule has 1 aromatic heterocycles. The highest BCUT2D eigenvalue weighted by atomic mass is 14.6. The minimum Gasteiger partial charge on any atom is -0.256 e. The third kappa shape index (κ3) is 4.89. The number of allylic oxidation sites excluding steroid dienone is 7. The van der Waals surface area contributed by atoms with Crippen molar-refractivity contribution in [1.29, 1.82) is 0 Å². The lowest BCUT2D eigenvalue weighted by Gasteiger charge is -2.00. The van der Waals surface area contributed by atoms with Crippen LogP contribution in [0.4, 0.5) is 0 Å². The van der Waals surface area contributed by atoms with Gasteiger partial charge in [0.15, 0.2) is 0 Å². The van der Waals surface area contributed by atoms with E-state index in [2.05, 4.69) is 37.5 Å². The first-order valence-corrected chi connectivity index (χ1v) is 7.78. The summed E-state index contributed by atoms with van der Waals surface area (Å²) in [6, 6.07) is 10.3. The Kier molecular flexibility index (Phi) is 5.81. The van der Waals surface area contributed by atoms with Gasteiger partial charge < -0.3 is 0 Å². The molecule has 0 fully saturated rings. The minimum absolute atomic E-state index is 0.812. The van der Waals surface area contributed by atoms with Crippen LogP contribution >= 0.6 is 0 Å². The summed E-state index contributed by atoms with van der Waals surface area (Å²) in [7, 11) is 0. The number of nitrogens with zero attached hydrogens (tertiary/aromatic N) is 1.